The Morgan fingerprint density at radius 3 is 2.56 bits per heavy atom. The van der Waals surface area contributed by atoms with Crippen LogP contribution in [0.15, 0.2) is 47.0 Å². The summed E-state index contributed by atoms with van der Waals surface area (Å²) in [4.78, 5) is 16.6. The maximum atomic E-state index is 12.4. The van der Waals surface area contributed by atoms with Crippen molar-refractivity contribution in [3.8, 4) is 0 Å². The minimum Gasteiger partial charge on any atom is -0.382 e. The number of carbonyl (C=O) groups excluding carboxylic acids is 1. The van der Waals surface area contributed by atoms with E-state index in [0.29, 0.717) is 35.1 Å². The molecule has 0 saturated carbocycles. The zero-order valence-electron chi connectivity index (χ0n) is 14.0. The second-order valence-electron chi connectivity index (χ2n) is 5.62. The van der Waals surface area contributed by atoms with Crippen molar-refractivity contribution in [1.82, 2.24) is 10.1 Å². The van der Waals surface area contributed by atoms with E-state index in [4.69, 9.17) is 10.3 Å². The van der Waals surface area contributed by atoms with Crippen molar-refractivity contribution in [1.29, 1.82) is 0 Å². The summed E-state index contributed by atoms with van der Waals surface area (Å²) in [6.07, 6.45) is 0. The lowest BCUT2D eigenvalue weighted by Gasteiger charge is -2.10. The van der Waals surface area contributed by atoms with Crippen LogP contribution in [0.3, 0.4) is 0 Å². The lowest BCUT2D eigenvalue weighted by Crippen LogP contribution is -2.15. The lowest BCUT2D eigenvalue weighted by molar-refractivity contribution is 0.102. The summed E-state index contributed by atoms with van der Waals surface area (Å²) in [5.74, 6) is 1.01. The number of rotatable bonds is 5. The summed E-state index contributed by atoms with van der Waals surface area (Å²) in [7, 11) is 0. The van der Waals surface area contributed by atoms with Crippen LogP contribution < -0.4 is 16.4 Å². The summed E-state index contributed by atoms with van der Waals surface area (Å²) >= 11 is 0. The summed E-state index contributed by atoms with van der Waals surface area (Å²) in [6.45, 7) is 4.04. The van der Waals surface area contributed by atoms with E-state index in [9.17, 15) is 4.79 Å². The standard InChI is InChI=1S/C18H19N5O2/c1-11-16(12(2)25-23-11)18(24)21-14-8-9-15(22-17(14)19)20-10-13-6-4-3-5-7-13/h3-9H,10H2,1-2H3,(H,21,24)(H3,19,20,22). The monoisotopic (exact) mass is 337 g/mol. The number of nitrogen functional groups attached to an aromatic ring is 1. The van der Waals surface area contributed by atoms with Gasteiger partial charge in [-0.1, -0.05) is 35.5 Å². The second-order valence-corrected chi connectivity index (χ2v) is 5.62. The molecule has 2 aromatic heterocycles. The highest BCUT2D eigenvalue weighted by Crippen LogP contribution is 2.21. The zero-order valence-corrected chi connectivity index (χ0v) is 14.0. The van der Waals surface area contributed by atoms with E-state index in [0.717, 1.165) is 5.56 Å². The first-order valence-electron chi connectivity index (χ1n) is 7.83. The van der Waals surface area contributed by atoms with Gasteiger partial charge in [-0.3, -0.25) is 4.79 Å². The van der Waals surface area contributed by atoms with Gasteiger partial charge in [0.2, 0.25) is 0 Å². The molecule has 0 fully saturated rings. The fourth-order valence-corrected chi connectivity index (χ4v) is 2.46. The predicted molar refractivity (Wildman–Crippen MR) is 96.3 cm³/mol. The Morgan fingerprint density at radius 1 is 1.16 bits per heavy atom. The number of nitrogens with zero attached hydrogens (tertiary/aromatic N) is 2. The first kappa shape index (κ1) is 16.5. The third-order valence-corrected chi connectivity index (χ3v) is 3.75. The Balaban J connectivity index is 1.69. The number of hydrogen-bond acceptors (Lipinski definition) is 6. The number of hydrogen-bond donors (Lipinski definition) is 3. The third-order valence-electron chi connectivity index (χ3n) is 3.75. The summed E-state index contributed by atoms with van der Waals surface area (Å²) in [6, 6.07) is 13.4. The molecule has 0 aliphatic carbocycles. The van der Waals surface area contributed by atoms with Gasteiger partial charge in [0.15, 0.2) is 0 Å². The highest BCUT2D eigenvalue weighted by Gasteiger charge is 2.18. The highest BCUT2D eigenvalue weighted by molar-refractivity contribution is 6.06. The number of aromatic nitrogens is 2. The lowest BCUT2D eigenvalue weighted by atomic mass is 10.2. The number of nitrogens with two attached hydrogens (primary N) is 1. The van der Waals surface area contributed by atoms with Gasteiger partial charge in [-0.2, -0.15) is 0 Å². The van der Waals surface area contributed by atoms with Gasteiger partial charge < -0.3 is 20.9 Å². The smallest absolute Gasteiger partial charge is 0.261 e. The number of benzene rings is 1. The van der Waals surface area contributed by atoms with Gasteiger partial charge in [-0.05, 0) is 31.5 Å². The number of carbonyl (C=O) groups is 1. The number of nitrogens with one attached hydrogen (secondary N) is 2. The van der Waals surface area contributed by atoms with Crippen LogP contribution in [0.25, 0.3) is 0 Å². The molecule has 3 aromatic rings. The molecule has 0 aliphatic rings. The maximum absolute atomic E-state index is 12.4. The number of amides is 1. The second kappa shape index (κ2) is 7.04. The molecule has 0 atom stereocenters. The van der Waals surface area contributed by atoms with Gasteiger partial charge in [0.05, 0.1) is 11.4 Å². The van der Waals surface area contributed by atoms with Gasteiger partial charge >= 0.3 is 0 Å². The van der Waals surface area contributed by atoms with E-state index in [1.54, 1.807) is 26.0 Å². The Labute approximate surface area is 145 Å². The molecule has 0 saturated heterocycles. The van der Waals surface area contributed by atoms with Gasteiger partial charge in [-0.25, -0.2) is 4.98 Å². The number of pyridine rings is 1. The minimum absolute atomic E-state index is 0.234. The quantitative estimate of drug-likeness (QED) is 0.660. The molecule has 0 unspecified atom stereocenters. The maximum Gasteiger partial charge on any atom is 0.261 e. The fourth-order valence-electron chi connectivity index (χ4n) is 2.46. The van der Waals surface area contributed by atoms with Crippen molar-refractivity contribution < 1.29 is 9.32 Å². The van der Waals surface area contributed by atoms with E-state index in [1.165, 1.54) is 0 Å². The summed E-state index contributed by atoms with van der Waals surface area (Å²) in [5, 5.41) is 9.72. The van der Waals surface area contributed by atoms with Gasteiger partial charge in [0.1, 0.15) is 23.0 Å². The van der Waals surface area contributed by atoms with Gasteiger partial charge in [0.25, 0.3) is 5.91 Å². The molecule has 0 spiro atoms. The van der Waals surface area contributed by atoms with E-state index >= 15 is 0 Å². The van der Waals surface area contributed by atoms with E-state index in [2.05, 4.69) is 20.8 Å². The predicted octanol–water partition coefficient (Wildman–Crippen LogP) is 3.13. The number of aryl methyl sites for hydroxylation is 2. The third kappa shape index (κ3) is 3.77. The first-order valence-corrected chi connectivity index (χ1v) is 7.83. The van der Waals surface area contributed by atoms with Crippen molar-refractivity contribution in [2.24, 2.45) is 0 Å². The fraction of sp³-hybridized carbons (Fsp3) is 0.167. The van der Waals surface area contributed by atoms with Crippen LogP contribution in [0.2, 0.25) is 0 Å². The van der Waals surface area contributed by atoms with Crippen molar-refractivity contribution >= 4 is 23.2 Å². The normalized spacial score (nSPS) is 10.5. The van der Waals surface area contributed by atoms with E-state index < -0.39 is 0 Å². The van der Waals surface area contributed by atoms with Crippen molar-refractivity contribution in [2.45, 2.75) is 20.4 Å². The summed E-state index contributed by atoms with van der Waals surface area (Å²) in [5.41, 5.74) is 8.48. The molecule has 25 heavy (non-hydrogen) atoms. The van der Waals surface area contributed by atoms with Crippen LogP contribution in [0.4, 0.5) is 17.3 Å². The van der Waals surface area contributed by atoms with Crippen LogP contribution >= 0.6 is 0 Å². The van der Waals surface area contributed by atoms with Crippen LogP contribution in [0.1, 0.15) is 27.4 Å². The Hall–Kier alpha value is -3.35. The molecule has 1 aromatic carbocycles. The molecule has 1 amide bonds. The zero-order chi connectivity index (χ0) is 17.8. The molecular formula is C18H19N5O2. The van der Waals surface area contributed by atoms with Gasteiger partial charge in [0, 0.05) is 6.54 Å². The molecule has 7 nitrogen and oxygen atoms in total. The topological polar surface area (TPSA) is 106 Å². The average Bonchev–Trinajstić information content (AvgIpc) is 2.95. The van der Waals surface area contributed by atoms with Crippen LogP contribution in [-0.2, 0) is 6.54 Å². The highest BCUT2D eigenvalue weighted by atomic mass is 16.5. The van der Waals surface area contributed by atoms with Gasteiger partial charge in [-0.15, -0.1) is 0 Å². The Bertz CT molecular complexity index is 870. The van der Waals surface area contributed by atoms with Crippen molar-refractivity contribution in [3.63, 3.8) is 0 Å². The Morgan fingerprint density at radius 2 is 1.92 bits per heavy atom. The molecule has 7 heteroatoms. The molecule has 3 rings (SSSR count). The first-order chi connectivity index (χ1) is 12.0. The minimum atomic E-state index is -0.324. The van der Waals surface area contributed by atoms with Crippen molar-refractivity contribution in [3.05, 3.63) is 65.0 Å². The van der Waals surface area contributed by atoms with E-state index in [-0.39, 0.29) is 11.7 Å². The van der Waals surface area contributed by atoms with Crippen LogP contribution in [0, 0.1) is 13.8 Å². The summed E-state index contributed by atoms with van der Waals surface area (Å²) < 4.78 is 5.01. The molecule has 128 valence electrons. The SMILES string of the molecule is Cc1noc(C)c1C(=O)Nc1ccc(NCc2ccccc2)nc1N. The largest absolute Gasteiger partial charge is 0.382 e. The van der Waals surface area contributed by atoms with Crippen LogP contribution in [0.5, 0.6) is 0 Å². The Kier molecular flexibility index (Phi) is 4.65. The van der Waals surface area contributed by atoms with Crippen LogP contribution in [-0.4, -0.2) is 16.0 Å². The number of anilines is 3. The molecule has 0 aliphatic heterocycles. The molecule has 0 bridgehead atoms. The average molecular weight is 337 g/mol. The van der Waals surface area contributed by atoms with E-state index in [1.807, 2.05) is 30.3 Å². The van der Waals surface area contributed by atoms with Crippen molar-refractivity contribution in [2.75, 3.05) is 16.4 Å². The molecule has 0 radical (unpaired) electrons. The molecule has 2 heterocycles. The molecule has 4 N–H and O–H groups in total. The molecular weight excluding hydrogens is 318 g/mol.